The van der Waals surface area contributed by atoms with Crippen LogP contribution in [0.2, 0.25) is 0 Å². The van der Waals surface area contributed by atoms with Gasteiger partial charge in [-0.1, -0.05) is 116 Å². The molecule has 2 aliphatic heterocycles. The molecule has 0 saturated heterocycles. The molecule has 0 spiro atoms. The third kappa shape index (κ3) is 5.91. The molecule has 6 aliphatic rings. The van der Waals surface area contributed by atoms with Crippen LogP contribution in [-0.2, 0) is 0 Å². The third-order valence-electron chi connectivity index (χ3n) is 16.6. The quantitative estimate of drug-likeness (QED) is 0.0907. The number of carbonyl (C=O) groups excluding carboxylic acids is 4. The fraction of sp³-hybridized carbons (Fsp3) is 0.175. The molecule has 6 atom stereocenters. The molecule has 8 aromatic carbocycles. The van der Waals surface area contributed by atoms with Gasteiger partial charge in [0, 0.05) is 10.8 Å². The Morgan fingerprint density at radius 2 is 0.855 bits per heavy atom. The number of allylic oxidation sites excluding steroid dienone is 4. The van der Waals surface area contributed by atoms with Crippen molar-refractivity contribution in [1.82, 2.24) is 0 Å². The number of rotatable bonds is 7. The SMILES string of the molecule is C=Cc1cc2cc3c(cc2cc1/C=C\c1cc2cc4c(cc2cc1C)C(=O)N(c1ccc(C2CC5C=CC2C5)c2ccccc12)C4=O)C(=O)N(c1ccc(C2CC4C=CC2C4)c2ccccc12)C3=O. The van der Waals surface area contributed by atoms with Crippen LogP contribution in [-0.4, -0.2) is 23.6 Å². The Kier molecular flexibility index (Phi) is 8.59. The number of hydrogen-bond donors (Lipinski definition) is 0. The molecule has 6 heteroatoms. The number of nitrogens with zero attached hydrogens (tertiary/aromatic N) is 2. The first-order valence-corrected chi connectivity index (χ1v) is 24.4. The van der Waals surface area contributed by atoms with Crippen molar-refractivity contribution in [2.45, 2.75) is 44.4 Å². The molecule has 4 aliphatic carbocycles. The van der Waals surface area contributed by atoms with Gasteiger partial charge in [-0.15, -0.1) is 0 Å². The van der Waals surface area contributed by atoms with E-state index in [1.807, 2.05) is 104 Å². The number of hydrogen-bond acceptors (Lipinski definition) is 4. The standard InChI is InChI=1S/C63H46N2O4/c1-3-37-27-43-31-55-57(63(69)65(61(55)67)59-21-19-49(47-9-5-7-11-51(47)59)53-26-36-13-15-41(53)24-36)33-45(43)29-39(37)17-16-38-28-44-32-56-54(30-42(44)22-34(38)2)60(66)64(62(56)68)58-20-18-48(46-8-4-6-10-50(46)58)52-25-35-12-14-40(52)23-35/h3-22,27-33,35-36,40-41,52-53H,1,23-26H2,2H3/b17-16-. The van der Waals surface area contributed by atoms with Crippen molar-refractivity contribution in [3.8, 4) is 0 Å². The van der Waals surface area contributed by atoms with Gasteiger partial charge in [0.1, 0.15) is 0 Å². The van der Waals surface area contributed by atoms with Gasteiger partial charge in [-0.2, -0.15) is 0 Å². The Labute approximate surface area is 399 Å². The van der Waals surface area contributed by atoms with Crippen molar-refractivity contribution in [1.29, 1.82) is 0 Å². The second kappa shape index (κ2) is 14.8. The first kappa shape index (κ1) is 40.1. The molecule has 0 aromatic heterocycles. The molecule has 4 bridgehead atoms. The number of anilines is 2. The van der Waals surface area contributed by atoms with E-state index in [0.29, 0.717) is 69.1 Å². The lowest BCUT2D eigenvalue weighted by atomic mass is 9.84. The topological polar surface area (TPSA) is 74.8 Å². The van der Waals surface area contributed by atoms with Crippen LogP contribution in [0.4, 0.5) is 11.4 Å². The fourth-order valence-corrected chi connectivity index (χ4v) is 13.3. The Morgan fingerprint density at radius 3 is 1.28 bits per heavy atom. The lowest BCUT2D eigenvalue weighted by molar-refractivity contribution is 0.0910. The van der Waals surface area contributed by atoms with Crippen molar-refractivity contribution in [2.75, 3.05) is 9.80 Å². The summed E-state index contributed by atoms with van der Waals surface area (Å²) in [6.07, 6.45) is 20.0. The van der Waals surface area contributed by atoms with Crippen LogP contribution < -0.4 is 9.80 Å². The van der Waals surface area contributed by atoms with Gasteiger partial charge in [0.2, 0.25) is 0 Å². The lowest BCUT2D eigenvalue weighted by Gasteiger charge is -2.23. The number of aryl methyl sites for hydroxylation is 1. The number of benzene rings is 8. The van der Waals surface area contributed by atoms with Crippen LogP contribution in [0, 0.1) is 30.6 Å². The highest BCUT2D eigenvalue weighted by atomic mass is 16.2. The van der Waals surface area contributed by atoms with E-state index in [0.717, 1.165) is 78.2 Å². The van der Waals surface area contributed by atoms with Crippen LogP contribution in [0.15, 0.2) is 152 Å². The maximum absolute atomic E-state index is 14.4. The largest absolute Gasteiger partial charge is 0.268 e. The molecule has 6 unspecified atom stereocenters. The molecule has 0 N–H and O–H groups in total. The maximum Gasteiger partial charge on any atom is 0.266 e. The Bertz CT molecular complexity index is 3810. The van der Waals surface area contributed by atoms with E-state index in [2.05, 4.69) is 73.4 Å². The summed E-state index contributed by atoms with van der Waals surface area (Å²) in [5.41, 5.74) is 9.20. The smallest absolute Gasteiger partial charge is 0.266 e. The first-order valence-electron chi connectivity index (χ1n) is 24.4. The second-order valence-electron chi connectivity index (χ2n) is 20.3. The Hall–Kier alpha value is -7.96. The highest BCUT2D eigenvalue weighted by Crippen LogP contribution is 2.53. The van der Waals surface area contributed by atoms with Gasteiger partial charge in [0.25, 0.3) is 23.6 Å². The molecule has 8 aromatic rings. The lowest BCUT2D eigenvalue weighted by Crippen LogP contribution is -2.29. The van der Waals surface area contributed by atoms with Gasteiger partial charge >= 0.3 is 0 Å². The van der Waals surface area contributed by atoms with Crippen molar-refractivity contribution in [3.05, 3.63) is 208 Å². The Balaban J connectivity index is 0.771. The van der Waals surface area contributed by atoms with E-state index < -0.39 is 0 Å². The number of imide groups is 2. The molecule has 0 radical (unpaired) electrons. The van der Waals surface area contributed by atoms with E-state index in [4.69, 9.17) is 0 Å². The number of amides is 4. The minimum atomic E-state index is -0.320. The average Bonchev–Trinajstić information content (AvgIpc) is 4.26. The zero-order valence-electron chi connectivity index (χ0n) is 38.1. The third-order valence-corrected chi connectivity index (χ3v) is 16.6. The van der Waals surface area contributed by atoms with E-state index in [-0.39, 0.29) is 23.6 Å². The van der Waals surface area contributed by atoms with Crippen LogP contribution in [0.1, 0.15) is 112 Å². The molecule has 2 fully saturated rings. The van der Waals surface area contributed by atoms with E-state index >= 15 is 0 Å². The predicted molar refractivity (Wildman–Crippen MR) is 278 cm³/mol. The molecule has 2 heterocycles. The molecule has 6 nitrogen and oxygen atoms in total. The van der Waals surface area contributed by atoms with Gasteiger partial charge in [-0.05, 0) is 188 Å². The molecule has 4 amide bonds. The molecular formula is C63H46N2O4. The molecule has 2 saturated carbocycles. The summed E-state index contributed by atoms with van der Waals surface area (Å²) in [5, 5.41) is 7.48. The second-order valence-corrected chi connectivity index (χ2v) is 20.3. The number of carbonyl (C=O) groups is 4. The van der Waals surface area contributed by atoms with Crippen LogP contribution >= 0.6 is 0 Å². The maximum atomic E-state index is 14.4. The van der Waals surface area contributed by atoms with Gasteiger partial charge in [0.05, 0.1) is 33.6 Å². The highest BCUT2D eigenvalue weighted by Gasteiger charge is 2.42. The predicted octanol–water partition coefficient (Wildman–Crippen LogP) is 14.4. The van der Waals surface area contributed by atoms with Crippen molar-refractivity contribution in [2.24, 2.45) is 23.7 Å². The molecule has 332 valence electrons. The summed E-state index contributed by atoms with van der Waals surface area (Å²) < 4.78 is 0. The van der Waals surface area contributed by atoms with E-state index in [1.165, 1.54) is 33.8 Å². The normalized spacial score (nSPS) is 23.1. The van der Waals surface area contributed by atoms with E-state index in [9.17, 15) is 19.2 Å². The fourth-order valence-electron chi connectivity index (χ4n) is 13.3. The van der Waals surface area contributed by atoms with E-state index in [1.54, 1.807) is 0 Å². The van der Waals surface area contributed by atoms with Gasteiger partial charge < -0.3 is 0 Å². The first-order chi connectivity index (χ1) is 33.7. The van der Waals surface area contributed by atoms with Crippen molar-refractivity contribution in [3.63, 3.8) is 0 Å². The minimum absolute atomic E-state index is 0.303. The van der Waals surface area contributed by atoms with Gasteiger partial charge in [0.15, 0.2) is 0 Å². The summed E-state index contributed by atoms with van der Waals surface area (Å²) >= 11 is 0. The van der Waals surface area contributed by atoms with Crippen molar-refractivity contribution < 1.29 is 19.2 Å². The van der Waals surface area contributed by atoms with Crippen LogP contribution in [0.25, 0.3) is 61.3 Å². The Morgan fingerprint density at radius 1 is 0.449 bits per heavy atom. The molecule has 14 rings (SSSR count). The zero-order chi connectivity index (χ0) is 46.4. The minimum Gasteiger partial charge on any atom is -0.268 e. The van der Waals surface area contributed by atoms with Crippen molar-refractivity contribution >= 4 is 96.3 Å². The average molecular weight is 895 g/mol. The van der Waals surface area contributed by atoms with Crippen LogP contribution in [0.5, 0.6) is 0 Å². The summed E-state index contributed by atoms with van der Waals surface area (Å²) in [6.45, 7) is 6.17. The van der Waals surface area contributed by atoms with Gasteiger partial charge in [-0.3, -0.25) is 19.2 Å². The summed E-state index contributed by atoms with van der Waals surface area (Å²) in [7, 11) is 0. The summed E-state index contributed by atoms with van der Waals surface area (Å²) in [6, 6.07) is 40.2. The monoisotopic (exact) mass is 894 g/mol. The highest BCUT2D eigenvalue weighted by molar-refractivity contribution is 6.38. The summed E-state index contributed by atoms with van der Waals surface area (Å²) in [5.74, 6) is 1.96. The van der Waals surface area contributed by atoms with Gasteiger partial charge in [-0.25, -0.2) is 9.80 Å². The van der Waals surface area contributed by atoms with Crippen LogP contribution in [0.3, 0.4) is 0 Å². The number of fused-ring (bicyclic) bond motifs is 10. The zero-order valence-corrected chi connectivity index (χ0v) is 38.1. The molecule has 69 heavy (non-hydrogen) atoms. The molecular weight excluding hydrogens is 849 g/mol. The summed E-state index contributed by atoms with van der Waals surface area (Å²) in [4.78, 5) is 59.9.